The van der Waals surface area contributed by atoms with Crippen LogP contribution in [-0.4, -0.2) is 22.7 Å². The second-order valence-electron chi connectivity index (χ2n) is 7.37. The summed E-state index contributed by atoms with van der Waals surface area (Å²) in [6, 6.07) is 5.17. The van der Waals surface area contributed by atoms with Crippen molar-refractivity contribution >= 4 is 6.08 Å². The van der Waals surface area contributed by atoms with Gasteiger partial charge in [0.05, 0.1) is 11.7 Å². The second-order valence-corrected chi connectivity index (χ2v) is 7.37. The van der Waals surface area contributed by atoms with Crippen molar-refractivity contribution < 1.29 is 9.13 Å². The van der Waals surface area contributed by atoms with Crippen LogP contribution in [0.4, 0.5) is 4.39 Å². The number of ether oxygens (including phenoxy) is 1. The lowest BCUT2D eigenvalue weighted by molar-refractivity contribution is 0.0566. The molecule has 1 aromatic heterocycles. The van der Waals surface area contributed by atoms with Crippen molar-refractivity contribution in [2.45, 2.75) is 64.9 Å². The van der Waals surface area contributed by atoms with Gasteiger partial charge in [-0.15, -0.1) is 6.58 Å². The summed E-state index contributed by atoms with van der Waals surface area (Å²) in [7, 11) is 0. The van der Waals surface area contributed by atoms with Crippen LogP contribution in [0, 0.1) is 5.82 Å². The van der Waals surface area contributed by atoms with Gasteiger partial charge in [0.15, 0.2) is 5.82 Å². The Hall–Kier alpha value is -2.33. The highest BCUT2D eigenvalue weighted by molar-refractivity contribution is 5.60. The Balaban J connectivity index is 1.80. The molecule has 3 nitrogen and oxygen atoms in total. The molecule has 29 heavy (non-hydrogen) atoms. The highest BCUT2D eigenvalue weighted by Gasteiger charge is 2.08. The molecule has 2 aromatic rings. The first-order chi connectivity index (χ1) is 14.1. The molecule has 0 amide bonds. The van der Waals surface area contributed by atoms with E-state index in [4.69, 9.17) is 4.74 Å². The van der Waals surface area contributed by atoms with Crippen molar-refractivity contribution in [2.75, 3.05) is 6.61 Å². The Morgan fingerprint density at radius 2 is 1.97 bits per heavy atom. The Morgan fingerprint density at radius 1 is 1.17 bits per heavy atom. The van der Waals surface area contributed by atoms with Gasteiger partial charge in [0.25, 0.3) is 0 Å². The molecule has 0 aliphatic heterocycles. The molecule has 0 aliphatic rings. The smallest absolute Gasteiger partial charge is 0.162 e. The maximum Gasteiger partial charge on any atom is 0.162 e. The molecule has 156 valence electrons. The molecule has 0 N–H and O–H groups in total. The zero-order valence-corrected chi connectivity index (χ0v) is 17.7. The fraction of sp³-hybridized carbons (Fsp3) is 0.440. The van der Waals surface area contributed by atoms with Gasteiger partial charge in [-0.1, -0.05) is 44.1 Å². The number of allylic oxidation sites excluding steroid dienone is 2. The Labute approximate surface area is 174 Å². The van der Waals surface area contributed by atoms with Gasteiger partial charge in [-0.2, -0.15) is 0 Å². The number of halogens is 1. The highest BCUT2D eigenvalue weighted by Crippen LogP contribution is 2.21. The van der Waals surface area contributed by atoms with E-state index in [-0.39, 0.29) is 5.82 Å². The largest absolute Gasteiger partial charge is 0.379 e. The van der Waals surface area contributed by atoms with Crippen LogP contribution in [0.25, 0.3) is 17.5 Å². The van der Waals surface area contributed by atoms with E-state index in [1.165, 1.54) is 18.9 Å². The molecule has 1 aromatic carbocycles. The lowest BCUT2D eigenvalue weighted by Crippen LogP contribution is -2.08. The molecule has 2 rings (SSSR count). The van der Waals surface area contributed by atoms with E-state index in [0.717, 1.165) is 43.4 Å². The lowest BCUT2D eigenvalue weighted by Gasteiger charge is -2.12. The Morgan fingerprint density at radius 3 is 2.66 bits per heavy atom. The summed E-state index contributed by atoms with van der Waals surface area (Å²) >= 11 is 0. The predicted molar refractivity (Wildman–Crippen MR) is 119 cm³/mol. The van der Waals surface area contributed by atoms with Crippen molar-refractivity contribution in [3.8, 4) is 11.4 Å². The SMILES string of the molecule is C=CCc1cnc(-c2ccc(/C=C/CCCC(C)OCCCCC)cc2F)nc1. The minimum Gasteiger partial charge on any atom is -0.379 e. The zero-order chi connectivity index (χ0) is 20.9. The standard InChI is InChI=1S/C25H33FN2O/c1-4-6-10-16-29-20(3)12-8-7-9-13-21-14-15-23(24(26)17-21)25-27-18-22(11-5-2)19-28-25/h5,9,13-15,17-20H,2,4,6-8,10-12,16H2,1,3H3/b13-9+. The summed E-state index contributed by atoms with van der Waals surface area (Å²) in [5, 5.41) is 0. The fourth-order valence-electron chi connectivity index (χ4n) is 3.04. The van der Waals surface area contributed by atoms with E-state index in [0.29, 0.717) is 23.9 Å². The van der Waals surface area contributed by atoms with Crippen LogP contribution in [0.15, 0.2) is 49.3 Å². The molecule has 0 radical (unpaired) electrons. The molecule has 0 saturated carbocycles. The van der Waals surface area contributed by atoms with Crippen LogP contribution in [0.5, 0.6) is 0 Å². The van der Waals surface area contributed by atoms with Gasteiger partial charge in [0.2, 0.25) is 0 Å². The van der Waals surface area contributed by atoms with Gasteiger partial charge >= 0.3 is 0 Å². The van der Waals surface area contributed by atoms with Crippen LogP contribution in [0.2, 0.25) is 0 Å². The van der Waals surface area contributed by atoms with Gasteiger partial charge in [0.1, 0.15) is 5.82 Å². The molecular formula is C25H33FN2O. The van der Waals surface area contributed by atoms with Crippen LogP contribution in [-0.2, 0) is 11.2 Å². The van der Waals surface area contributed by atoms with E-state index in [1.54, 1.807) is 24.5 Å². The van der Waals surface area contributed by atoms with E-state index in [2.05, 4.69) is 36.5 Å². The number of benzene rings is 1. The third-order valence-electron chi connectivity index (χ3n) is 4.76. The van der Waals surface area contributed by atoms with Gasteiger partial charge in [-0.25, -0.2) is 14.4 Å². The fourth-order valence-corrected chi connectivity index (χ4v) is 3.04. The first kappa shape index (κ1) is 23.0. The lowest BCUT2D eigenvalue weighted by atomic mass is 10.1. The van der Waals surface area contributed by atoms with E-state index < -0.39 is 0 Å². The number of unbranched alkanes of at least 4 members (excludes halogenated alkanes) is 3. The molecule has 0 bridgehead atoms. The van der Waals surface area contributed by atoms with Gasteiger partial charge < -0.3 is 4.74 Å². The molecule has 0 spiro atoms. The van der Waals surface area contributed by atoms with Crippen molar-refractivity contribution in [2.24, 2.45) is 0 Å². The zero-order valence-electron chi connectivity index (χ0n) is 17.7. The van der Waals surface area contributed by atoms with Crippen LogP contribution >= 0.6 is 0 Å². The minimum atomic E-state index is -0.308. The molecule has 0 fully saturated rings. The Kier molecular flexibility index (Phi) is 10.3. The summed E-state index contributed by atoms with van der Waals surface area (Å²) in [6.07, 6.45) is 17.0. The first-order valence-corrected chi connectivity index (χ1v) is 10.6. The van der Waals surface area contributed by atoms with E-state index in [1.807, 2.05) is 12.1 Å². The average molecular weight is 397 g/mol. The number of nitrogens with zero attached hydrogens (tertiary/aromatic N) is 2. The van der Waals surface area contributed by atoms with Crippen molar-refractivity contribution in [3.63, 3.8) is 0 Å². The van der Waals surface area contributed by atoms with Gasteiger partial charge in [-0.3, -0.25) is 0 Å². The molecule has 0 aliphatic carbocycles. The monoisotopic (exact) mass is 396 g/mol. The van der Waals surface area contributed by atoms with Crippen LogP contribution < -0.4 is 0 Å². The topological polar surface area (TPSA) is 35.0 Å². The summed E-state index contributed by atoms with van der Waals surface area (Å²) in [5.41, 5.74) is 2.23. The highest BCUT2D eigenvalue weighted by atomic mass is 19.1. The summed E-state index contributed by atoms with van der Waals surface area (Å²) < 4.78 is 20.3. The molecule has 0 saturated heterocycles. The van der Waals surface area contributed by atoms with E-state index in [9.17, 15) is 4.39 Å². The van der Waals surface area contributed by atoms with Crippen molar-refractivity contribution in [1.82, 2.24) is 9.97 Å². The average Bonchev–Trinajstić information content (AvgIpc) is 2.72. The molecule has 1 heterocycles. The van der Waals surface area contributed by atoms with E-state index >= 15 is 0 Å². The summed E-state index contributed by atoms with van der Waals surface area (Å²) in [6.45, 7) is 8.89. The van der Waals surface area contributed by atoms with Crippen LogP contribution in [0.1, 0.15) is 63.5 Å². The second kappa shape index (κ2) is 13.0. The molecular weight excluding hydrogens is 363 g/mol. The maximum atomic E-state index is 14.5. The number of rotatable bonds is 13. The predicted octanol–water partition coefficient (Wildman–Crippen LogP) is 6.79. The van der Waals surface area contributed by atoms with Crippen molar-refractivity contribution in [1.29, 1.82) is 0 Å². The van der Waals surface area contributed by atoms with Gasteiger partial charge in [-0.05, 0) is 62.3 Å². The summed E-state index contributed by atoms with van der Waals surface area (Å²) in [4.78, 5) is 8.53. The molecule has 4 heteroatoms. The first-order valence-electron chi connectivity index (χ1n) is 10.6. The number of hydrogen-bond acceptors (Lipinski definition) is 3. The number of hydrogen-bond donors (Lipinski definition) is 0. The number of aromatic nitrogens is 2. The van der Waals surface area contributed by atoms with Crippen LogP contribution in [0.3, 0.4) is 0 Å². The normalized spacial score (nSPS) is 12.4. The quantitative estimate of drug-likeness (QED) is 0.276. The minimum absolute atomic E-state index is 0.301. The summed E-state index contributed by atoms with van der Waals surface area (Å²) in [5.74, 6) is 0.0940. The Bertz CT molecular complexity index is 771. The molecule has 1 atom stereocenters. The van der Waals surface area contributed by atoms with Gasteiger partial charge in [0, 0.05) is 19.0 Å². The maximum absolute atomic E-state index is 14.5. The molecule has 1 unspecified atom stereocenters. The van der Waals surface area contributed by atoms with Crippen molar-refractivity contribution in [3.05, 3.63) is 66.3 Å². The third-order valence-corrected chi connectivity index (χ3v) is 4.76. The third kappa shape index (κ3) is 8.28.